The molecule has 2 aromatic heterocycles. The highest BCUT2D eigenvalue weighted by atomic mass is 32.2. The van der Waals surface area contributed by atoms with E-state index in [1.54, 1.807) is 10.7 Å². The molecule has 9 nitrogen and oxygen atoms in total. The van der Waals surface area contributed by atoms with Crippen LogP contribution in [0.3, 0.4) is 0 Å². The summed E-state index contributed by atoms with van der Waals surface area (Å²) in [4.78, 5) is 8.22. The van der Waals surface area contributed by atoms with E-state index in [1.807, 2.05) is 19.9 Å². The van der Waals surface area contributed by atoms with E-state index in [2.05, 4.69) is 19.8 Å². The van der Waals surface area contributed by atoms with Crippen molar-refractivity contribution in [3.8, 4) is 17.3 Å². The van der Waals surface area contributed by atoms with Crippen LogP contribution in [0, 0.1) is 13.8 Å². The quantitative estimate of drug-likeness (QED) is 0.728. The van der Waals surface area contributed by atoms with Crippen LogP contribution in [0.4, 0.5) is 5.82 Å². The van der Waals surface area contributed by atoms with Gasteiger partial charge in [-0.3, -0.25) is 4.72 Å². The van der Waals surface area contributed by atoms with Gasteiger partial charge in [-0.25, -0.2) is 23.1 Å². The molecule has 0 spiro atoms. The lowest BCUT2D eigenvalue weighted by Crippen LogP contribution is -2.18. The van der Waals surface area contributed by atoms with E-state index in [0.717, 1.165) is 11.4 Å². The van der Waals surface area contributed by atoms with Crippen molar-refractivity contribution < 1.29 is 17.9 Å². The molecular formula is C17H17N5O4S. The van der Waals surface area contributed by atoms with Crippen LogP contribution in [-0.2, 0) is 10.0 Å². The number of hydrogen-bond acceptors (Lipinski definition) is 7. The van der Waals surface area contributed by atoms with Gasteiger partial charge >= 0.3 is 0 Å². The number of aromatic nitrogens is 4. The smallest absolute Gasteiger partial charge is 0.263 e. The summed E-state index contributed by atoms with van der Waals surface area (Å²) in [6.45, 7) is 4.58. The Bertz CT molecular complexity index is 1110. The molecule has 1 aliphatic heterocycles. The molecular weight excluding hydrogens is 370 g/mol. The van der Waals surface area contributed by atoms with Crippen LogP contribution in [0.2, 0.25) is 0 Å². The molecule has 1 N–H and O–H groups in total. The number of rotatable bonds is 4. The van der Waals surface area contributed by atoms with Gasteiger partial charge in [0.05, 0.1) is 10.6 Å². The summed E-state index contributed by atoms with van der Waals surface area (Å²) in [6, 6.07) is 7.89. The highest BCUT2D eigenvalue weighted by Gasteiger charge is 2.20. The fourth-order valence-corrected chi connectivity index (χ4v) is 3.78. The van der Waals surface area contributed by atoms with Crippen LogP contribution >= 0.6 is 0 Å². The fraction of sp³-hybridized carbons (Fsp3) is 0.235. The van der Waals surface area contributed by atoms with Crippen molar-refractivity contribution in [1.82, 2.24) is 19.7 Å². The van der Waals surface area contributed by atoms with E-state index in [-0.39, 0.29) is 10.7 Å². The van der Waals surface area contributed by atoms with Crippen molar-refractivity contribution in [1.29, 1.82) is 0 Å². The highest BCUT2D eigenvalue weighted by molar-refractivity contribution is 7.92. The molecule has 1 aliphatic rings. The summed E-state index contributed by atoms with van der Waals surface area (Å²) < 4.78 is 40.4. The highest BCUT2D eigenvalue weighted by Crippen LogP contribution is 2.32. The summed E-state index contributed by atoms with van der Waals surface area (Å²) in [7, 11) is -3.86. The van der Waals surface area contributed by atoms with Crippen molar-refractivity contribution in [2.75, 3.05) is 17.9 Å². The number of fused-ring (bicyclic) bond motifs is 1. The van der Waals surface area contributed by atoms with Gasteiger partial charge in [-0.2, -0.15) is 5.10 Å². The molecule has 0 aliphatic carbocycles. The molecule has 10 heteroatoms. The second kappa shape index (κ2) is 6.54. The standard InChI is InChI=1S/C17H17N5O4S/c1-11-7-12(2)22(20-11)17-9-16(18-10-19-17)21-27(23,24)13-3-4-14-15(8-13)26-6-5-25-14/h3-4,7-10H,5-6H2,1-2H3,(H,18,19,21). The van der Waals surface area contributed by atoms with Gasteiger partial charge in [-0.1, -0.05) is 0 Å². The largest absolute Gasteiger partial charge is 0.486 e. The molecule has 27 heavy (non-hydrogen) atoms. The minimum atomic E-state index is -3.86. The molecule has 140 valence electrons. The Balaban J connectivity index is 1.63. The van der Waals surface area contributed by atoms with Crippen LogP contribution in [0.5, 0.6) is 11.5 Å². The zero-order valence-electron chi connectivity index (χ0n) is 14.7. The predicted octanol–water partition coefficient (Wildman–Crippen LogP) is 1.85. The lowest BCUT2D eigenvalue weighted by Gasteiger charge is -2.19. The van der Waals surface area contributed by atoms with Crippen LogP contribution in [-0.4, -0.2) is 41.4 Å². The van der Waals surface area contributed by atoms with Crippen molar-refractivity contribution in [3.63, 3.8) is 0 Å². The third-order valence-corrected chi connectivity index (χ3v) is 5.29. The first-order valence-corrected chi connectivity index (χ1v) is 9.69. The summed E-state index contributed by atoms with van der Waals surface area (Å²) in [5.41, 5.74) is 1.72. The molecule has 0 bridgehead atoms. The monoisotopic (exact) mass is 387 g/mol. The third kappa shape index (κ3) is 3.43. The Labute approximate surface area is 156 Å². The zero-order valence-corrected chi connectivity index (χ0v) is 15.5. The second-order valence-electron chi connectivity index (χ2n) is 6.01. The number of nitrogens with zero attached hydrogens (tertiary/aromatic N) is 4. The summed E-state index contributed by atoms with van der Waals surface area (Å²) >= 11 is 0. The molecule has 0 radical (unpaired) electrons. The Hall–Kier alpha value is -3.14. The summed E-state index contributed by atoms with van der Waals surface area (Å²) in [5.74, 6) is 1.53. The van der Waals surface area contributed by atoms with Gasteiger partial charge in [0.1, 0.15) is 25.4 Å². The molecule has 4 rings (SSSR count). The zero-order chi connectivity index (χ0) is 19.0. The topological polar surface area (TPSA) is 108 Å². The number of hydrogen-bond donors (Lipinski definition) is 1. The minimum absolute atomic E-state index is 0.0537. The van der Waals surface area contributed by atoms with Crippen LogP contribution in [0.15, 0.2) is 41.6 Å². The van der Waals surface area contributed by atoms with Crippen LogP contribution in [0.25, 0.3) is 5.82 Å². The number of ether oxygens (including phenoxy) is 2. The fourth-order valence-electron chi connectivity index (χ4n) is 2.77. The Kier molecular flexibility index (Phi) is 4.19. The molecule has 3 aromatic rings. The maximum Gasteiger partial charge on any atom is 0.263 e. The summed E-state index contributed by atoms with van der Waals surface area (Å²) in [5, 5.41) is 4.34. The van der Waals surface area contributed by atoms with Gasteiger partial charge in [-0.15, -0.1) is 0 Å². The Morgan fingerprint density at radius 2 is 1.81 bits per heavy atom. The summed E-state index contributed by atoms with van der Waals surface area (Å²) in [6.07, 6.45) is 1.29. The van der Waals surface area contributed by atoms with Gasteiger partial charge in [0, 0.05) is 17.8 Å². The van der Waals surface area contributed by atoms with Crippen molar-refractivity contribution >= 4 is 15.8 Å². The van der Waals surface area contributed by atoms with E-state index in [1.165, 1.54) is 24.5 Å². The van der Waals surface area contributed by atoms with Gasteiger partial charge in [0.2, 0.25) is 0 Å². The Morgan fingerprint density at radius 3 is 2.56 bits per heavy atom. The van der Waals surface area contributed by atoms with E-state index >= 15 is 0 Å². The molecule has 0 fully saturated rings. The second-order valence-corrected chi connectivity index (χ2v) is 7.69. The van der Waals surface area contributed by atoms with E-state index in [4.69, 9.17) is 9.47 Å². The Morgan fingerprint density at radius 1 is 1.04 bits per heavy atom. The number of benzene rings is 1. The average molecular weight is 387 g/mol. The van der Waals surface area contributed by atoms with E-state index in [9.17, 15) is 8.42 Å². The van der Waals surface area contributed by atoms with Gasteiger partial charge in [-0.05, 0) is 32.0 Å². The third-order valence-electron chi connectivity index (χ3n) is 3.94. The molecule has 3 heterocycles. The normalized spacial score (nSPS) is 13.4. The van der Waals surface area contributed by atoms with Gasteiger partial charge < -0.3 is 9.47 Å². The average Bonchev–Trinajstić information content (AvgIpc) is 2.99. The first kappa shape index (κ1) is 17.3. The molecule has 0 atom stereocenters. The first-order valence-electron chi connectivity index (χ1n) is 8.20. The van der Waals surface area contributed by atoms with Crippen LogP contribution < -0.4 is 14.2 Å². The molecule has 0 saturated carbocycles. The van der Waals surface area contributed by atoms with Gasteiger partial charge in [0.25, 0.3) is 10.0 Å². The number of anilines is 1. The lowest BCUT2D eigenvalue weighted by molar-refractivity contribution is 0.171. The molecule has 0 saturated heterocycles. The number of nitrogens with one attached hydrogen (secondary N) is 1. The molecule has 0 unspecified atom stereocenters. The van der Waals surface area contributed by atoms with Crippen molar-refractivity contribution in [2.24, 2.45) is 0 Å². The van der Waals surface area contributed by atoms with E-state index in [0.29, 0.717) is 30.5 Å². The minimum Gasteiger partial charge on any atom is -0.486 e. The van der Waals surface area contributed by atoms with E-state index < -0.39 is 10.0 Å². The van der Waals surface area contributed by atoms with Crippen LogP contribution in [0.1, 0.15) is 11.4 Å². The predicted molar refractivity (Wildman–Crippen MR) is 96.9 cm³/mol. The molecule has 1 aromatic carbocycles. The molecule has 0 amide bonds. The van der Waals surface area contributed by atoms with Gasteiger partial charge in [0.15, 0.2) is 17.3 Å². The SMILES string of the molecule is Cc1cc(C)n(-c2cc(NS(=O)(=O)c3ccc4c(c3)OCCO4)ncn2)n1. The number of sulfonamides is 1. The first-order chi connectivity index (χ1) is 12.9. The van der Waals surface area contributed by atoms with Crippen molar-refractivity contribution in [2.45, 2.75) is 18.7 Å². The maximum absolute atomic E-state index is 12.7. The van der Waals surface area contributed by atoms with Crippen molar-refractivity contribution in [3.05, 3.63) is 48.0 Å². The lowest BCUT2D eigenvalue weighted by atomic mass is 10.3. The maximum atomic E-state index is 12.7. The number of aryl methyl sites for hydroxylation is 2.